The number of methoxy groups -OCH3 is 1. The van der Waals surface area contributed by atoms with Gasteiger partial charge in [0.25, 0.3) is 0 Å². The Morgan fingerprint density at radius 2 is 2.08 bits per heavy atom. The van der Waals surface area contributed by atoms with Crippen LogP contribution in [0.3, 0.4) is 0 Å². The molecular weight excluding hydrogens is 318 g/mol. The van der Waals surface area contributed by atoms with Gasteiger partial charge in [-0.2, -0.15) is 0 Å². The zero-order valence-corrected chi connectivity index (χ0v) is 15.7. The van der Waals surface area contributed by atoms with Gasteiger partial charge in [-0.15, -0.1) is 0 Å². The minimum Gasteiger partial charge on any atom is -0.493 e. The van der Waals surface area contributed by atoms with Crippen LogP contribution in [0.5, 0.6) is 17.2 Å². The summed E-state index contributed by atoms with van der Waals surface area (Å²) in [6, 6.07) is 3.97. The molecule has 0 aromatic heterocycles. The summed E-state index contributed by atoms with van der Waals surface area (Å²) in [5.74, 6) is 1.94. The summed E-state index contributed by atoms with van der Waals surface area (Å²) in [7, 11) is 1.60. The highest BCUT2D eigenvalue weighted by Crippen LogP contribution is 2.40. The molecule has 1 heterocycles. The molecule has 1 aromatic carbocycles. The van der Waals surface area contributed by atoms with Crippen molar-refractivity contribution in [2.24, 2.45) is 0 Å². The van der Waals surface area contributed by atoms with Crippen LogP contribution in [0.2, 0.25) is 0 Å². The average molecular weight is 347 g/mol. The summed E-state index contributed by atoms with van der Waals surface area (Å²) in [5, 5.41) is 0. The van der Waals surface area contributed by atoms with E-state index in [0.717, 1.165) is 31.4 Å². The van der Waals surface area contributed by atoms with Gasteiger partial charge >= 0.3 is 0 Å². The largest absolute Gasteiger partial charge is 0.493 e. The van der Waals surface area contributed by atoms with Gasteiger partial charge in [-0.3, -0.25) is 4.79 Å². The number of benzene rings is 1. The van der Waals surface area contributed by atoms with Gasteiger partial charge in [-0.05, 0) is 43.5 Å². The van der Waals surface area contributed by atoms with Crippen LogP contribution in [0.1, 0.15) is 45.6 Å². The zero-order chi connectivity index (χ0) is 18.2. The molecule has 25 heavy (non-hydrogen) atoms. The van der Waals surface area contributed by atoms with Crippen molar-refractivity contribution in [2.45, 2.75) is 46.1 Å². The van der Waals surface area contributed by atoms with E-state index in [9.17, 15) is 4.79 Å². The molecule has 0 radical (unpaired) electrons. The van der Waals surface area contributed by atoms with Crippen molar-refractivity contribution < 1.29 is 19.0 Å². The molecule has 0 spiro atoms. The zero-order valence-electron chi connectivity index (χ0n) is 15.7. The van der Waals surface area contributed by atoms with E-state index in [1.54, 1.807) is 13.2 Å². The van der Waals surface area contributed by atoms with E-state index in [4.69, 9.17) is 14.2 Å². The number of amides is 1. The molecule has 0 fully saturated rings. The quantitative estimate of drug-likeness (QED) is 0.669. The van der Waals surface area contributed by atoms with Gasteiger partial charge in [-0.25, -0.2) is 0 Å². The maximum Gasteiger partial charge on any atom is 0.246 e. The van der Waals surface area contributed by atoms with Crippen molar-refractivity contribution in [2.75, 3.05) is 26.9 Å². The lowest BCUT2D eigenvalue weighted by atomic mass is 10.1. The maximum atomic E-state index is 12.6. The number of ether oxygens (including phenoxy) is 3. The van der Waals surface area contributed by atoms with E-state index in [0.29, 0.717) is 30.5 Å². The van der Waals surface area contributed by atoms with Gasteiger partial charge in [0.2, 0.25) is 11.7 Å². The highest BCUT2D eigenvalue weighted by Gasteiger charge is 2.19. The second-order valence-electron chi connectivity index (χ2n) is 6.22. The first-order valence-electron chi connectivity index (χ1n) is 9.07. The van der Waals surface area contributed by atoms with E-state index in [-0.39, 0.29) is 11.9 Å². The number of unbranched alkanes of at least 4 members (excludes halogenated alkanes) is 1. The second-order valence-corrected chi connectivity index (χ2v) is 6.22. The van der Waals surface area contributed by atoms with Gasteiger partial charge < -0.3 is 19.1 Å². The Bertz CT molecular complexity index is 595. The van der Waals surface area contributed by atoms with Crippen LogP contribution >= 0.6 is 0 Å². The Morgan fingerprint density at radius 3 is 2.76 bits per heavy atom. The predicted molar refractivity (Wildman–Crippen MR) is 99.4 cm³/mol. The Balaban J connectivity index is 2.17. The van der Waals surface area contributed by atoms with Crippen LogP contribution in [-0.4, -0.2) is 43.7 Å². The van der Waals surface area contributed by atoms with Gasteiger partial charge in [0.15, 0.2) is 11.5 Å². The normalized spacial score (nSPS) is 14.4. The summed E-state index contributed by atoms with van der Waals surface area (Å²) in [4.78, 5) is 14.6. The summed E-state index contributed by atoms with van der Waals surface area (Å²) in [5.41, 5.74) is 0.856. The predicted octanol–water partition coefficient (Wildman–Crippen LogP) is 3.91. The number of hydrogen-bond donors (Lipinski definition) is 0. The molecule has 5 nitrogen and oxygen atoms in total. The minimum atomic E-state index is 0.0386. The SMILES string of the molecule is CCCCN(C(=O)C=Cc1cc(OC)c2c(c1)OCCO2)C(C)CC. The van der Waals surface area contributed by atoms with Crippen molar-refractivity contribution in [1.82, 2.24) is 4.90 Å². The molecule has 0 saturated carbocycles. The van der Waals surface area contributed by atoms with E-state index in [1.807, 2.05) is 23.1 Å². The summed E-state index contributed by atoms with van der Waals surface area (Å²) in [6.45, 7) is 8.15. The highest BCUT2D eigenvalue weighted by molar-refractivity contribution is 5.92. The molecule has 1 aliphatic heterocycles. The smallest absolute Gasteiger partial charge is 0.246 e. The van der Waals surface area contributed by atoms with Crippen molar-refractivity contribution >= 4 is 12.0 Å². The third kappa shape index (κ3) is 4.91. The first-order chi connectivity index (χ1) is 12.1. The minimum absolute atomic E-state index is 0.0386. The van der Waals surface area contributed by atoms with Crippen LogP contribution < -0.4 is 14.2 Å². The number of hydrogen-bond acceptors (Lipinski definition) is 4. The molecule has 2 rings (SSSR count). The van der Waals surface area contributed by atoms with E-state index in [1.165, 1.54) is 0 Å². The lowest BCUT2D eigenvalue weighted by molar-refractivity contribution is -0.128. The average Bonchev–Trinajstić information content (AvgIpc) is 2.65. The number of nitrogens with zero attached hydrogens (tertiary/aromatic N) is 1. The van der Waals surface area contributed by atoms with Gasteiger partial charge in [0, 0.05) is 18.7 Å². The molecule has 0 saturated heterocycles. The molecule has 1 aliphatic rings. The molecule has 1 amide bonds. The number of carbonyl (C=O) groups excluding carboxylic acids is 1. The van der Waals surface area contributed by atoms with Crippen LogP contribution in [0.25, 0.3) is 6.08 Å². The van der Waals surface area contributed by atoms with E-state index >= 15 is 0 Å². The van der Waals surface area contributed by atoms with Gasteiger partial charge in [-0.1, -0.05) is 20.3 Å². The van der Waals surface area contributed by atoms with Crippen LogP contribution in [0, 0.1) is 0 Å². The molecule has 138 valence electrons. The van der Waals surface area contributed by atoms with E-state index in [2.05, 4.69) is 20.8 Å². The fourth-order valence-corrected chi connectivity index (χ4v) is 2.75. The fraction of sp³-hybridized carbons (Fsp3) is 0.550. The molecule has 1 aromatic rings. The van der Waals surface area contributed by atoms with Crippen LogP contribution in [0.4, 0.5) is 0 Å². The molecule has 0 N–H and O–H groups in total. The Kier molecular flexibility index (Phi) is 7.16. The number of carbonyl (C=O) groups is 1. The first-order valence-corrected chi connectivity index (χ1v) is 9.07. The van der Waals surface area contributed by atoms with Crippen molar-refractivity contribution in [3.05, 3.63) is 23.8 Å². The van der Waals surface area contributed by atoms with Crippen molar-refractivity contribution in [1.29, 1.82) is 0 Å². The standard InChI is InChI=1S/C20H29NO4/c1-5-7-10-21(15(3)6-2)19(22)9-8-16-13-17(23-4)20-18(14-16)24-11-12-25-20/h8-9,13-15H,5-7,10-12H2,1-4H3. The molecular formula is C20H29NO4. The van der Waals surface area contributed by atoms with Crippen LogP contribution in [-0.2, 0) is 4.79 Å². The van der Waals surface area contributed by atoms with Crippen LogP contribution in [0.15, 0.2) is 18.2 Å². The third-order valence-electron chi connectivity index (χ3n) is 4.43. The monoisotopic (exact) mass is 347 g/mol. The van der Waals surface area contributed by atoms with E-state index < -0.39 is 0 Å². The number of rotatable bonds is 8. The Hall–Kier alpha value is -2.17. The summed E-state index contributed by atoms with van der Waals surface area (Å²) in [6.07, 6.45) is 6.48. The Labute approximate surface area is 150 Å². The lowest BCUT2D eigenvalue weighted by Crippen LogP contribution is -2.37. The summed E-state index contributed by atoms with van der Waals surface area (Å²) >= 11 is 0. The first kappa shape index (κ1) is 19.2. The highest BCUT2D eigenvalue weighted by atomic mass is 16.6. The molecule has 1 atom stereocenters. The topological polar surface area (TPSA) is 48.0 Å². The lowest BCUT2D eigenvalue weighted by Gasteiger charge is -2.27. The fourth-order valence-electron chi connectivity index (χ4n) is 2.75. The van der Waals surface area contributed by atoms with Crippen molar-refractivity contribution in [3.63, 3.8) is 0 Å². The number of fused-ring (bicyclic) bond motifs is 1. The van der Waals surface area contributed by atoms with Crippen molar-refractivity contribution in [3.8, 4) is 17.2 Å². The second kappa shape index (κ2) is 9.35. The summed E-state index contributed by atoms with van der Waals surface area (Å²) < 4.78 is 16.6. The Morgan fingerprint density at radius 1 is 1.32 bits per heavy atom. The van der Waals surface area contributed by atoms with Gasteiger partial charge in [0.1, 0.15) is 13.2 Å². The maximum absolute atomic E-state index is 12.6. The molecule has 1 unspecified atom stereocenters. The molecule has 0 aliphatic carbocycles. The third-order valence-corrected chi connectivity index (χ3v) is 4.43. The molecule has 0 bridgehead atoms. The van der Waals surface area contributed by atoms with Gasteiger partial charge in [0.05, 0.1) is 7.11 Å². The molecule has 5 heteroatoms.